The number of aromatic nitrogens is 3. The van der Waals surface area contributed by atoms with Gasteiger partial charge in [0, 0.05) is 44.7 Å². The molecule has 0 unspecified atom stereocenters. The van der Waals surface area contributed by atoms with Crippen molar-refractivity contribution in [3.8, 4) is 0 Å². The molecule has 1 fully saturated rings. The third-order valence-electron chi connectivity index (χ3n) is 3.55. The van der Waals surface area contributed by atoms with E-state index < -0.39 is 0 Å². The van der Waals surface area contributed by atoms with Gasteiger partial charge >= 0.3 is 0 Å². The summed E-state index contributed by atoms with van der Waals surface area (Å²) in [6.07, 6.45) is 7.34. The fraction of sp³-hybridized carbons (Fsp3) is 0.538. The van der Waals surface area contributed by atoms with E-state index in [1.54, 1.807) is 27.5 Å². The number of nitrogens with one attached hydrogen (secondary N) is 1. The van der Waals surface area contributed by atoms with Crippen LogP contribution in [-0.2, 0) is 11.3 Å². The molecule has 0 amide bonds. The molecular weight excluding hydrogens is 244 g/mol. The van der Waals surface area contributed by atoms with Crippen LogP contribution < -0.4 is 10.9 Å². The highest BCUT2D eigenvalue weighted by molar-refractivity contribution is 5.42. The predicted molar refractivity (Wildman–Crippen MR) is 71.3 cm³/mol. The molecule has 0 aliphatic carbocycles. The molecule has 1 saturated heterocycles. The van der Waals surface area contributed by atoms with Gasteiger partial charge in [0.25, 0.3) is 5.56 Å². The van der Waals surface area contributed by atoms with Gasteiger partial charge in [-0.25, -0.2) is 4.52 Å². The third kappa shape index (κ3) is 2.69. The summed E-state index contributed by atoms with van der Waals surface area (Å²) in [6, 6.07) is 2.26. The van der Waals surface area contributed by atoms with Crippen molar-refractivity contribution in [3.05, 3.63) is 35.0 Å². The van der Waals surface area contributed by atoms with E-state index in [1.807, 2.05) is 6.20 Å². The topological polar surface area (TPSA) is 60.6 Å². The molecule has 0 atom stereocenters. The number of fused-ring (bicyclic) bond motifs is 1. The van der Waals surface area contributed by atoms with E-state index in [1.165, 1.54) is 0 Å². The summed E-state index contributed by atoms with van der Waals surface area (Å²) < 4.78 is 8.65. The molecule has 19 heavy (non-hydrogen) atoms. The van der Waals surface area contributed by atoms with Crippen LogP contribution >= 0.6 is 0 Å². The molecule has 1 aliphatic rings. The molecule has 6 nitrogen and oxygen atoms in total. The number of rotatable bonds is 4. The molecular formula is C13H18N4O2. The minimum atomic E-state index is 0.00813. The van der Waals surface area contributed by atoms with Gasteiger partial charge in [-0.05, 0) is 18.9 Å². The van der Waals surface area contributed by atoms with Crippen molar-refractivity contribution in [1.29, 1.82) is 0 Å². The Labute approximate surface area is 111 Å². The summed E-state index contributed by atoms with van der Waals surface area (Å²) in [5.41, 5.74) is 0.627. The summed E-state index contributed by atoms with van der Waals surface area (Å²) in [5.74, 6) is 0. The van der Waals surface area contributed by atoms with Crippen molar-refractivity contribution in [2.45, 2.75) is 25.4 Å². The highest BCUT2D eigenvalue weighted by Gasteiger charge is 2.12. The number of hydrogen-bond donors (Lipinski definition) is 1. The van der Waals surface area contributed by atoms with E-state index in [0.717, 1.165) is 32.6 Å². The first kappa shape index (κ1) is 12.4. The lowest BCUT2D eigenvalue weighted by Crippen LogP contribution is -2.37. The van der Waals surface area contributed by atoms with Crippen LogP contribution in [0.1, 0.15) is 12.8 Å². The van der Waals surface area contributed by atoms with E-state index in [4.69, 9.17) is 4.74 Å². The number of nitrogens with zero attached hydrogens (tertiary/aromatic N) is 3. The smallest absolute Gasteiger partial charge is 0.276 e. The lowest BCUT2D eigenvalue weighted by molar-refractivity contribution is 0.0778. The molecule has 0 bridgehead atoms. The second kappa shape index (κ2) is 5.54. The zero-order valence-electron chi connectivity index (χ0n) is 10.8. The molecule has 2 aromatic rings. The van der Waals surface area contributed by atoms with Crippen LogP contribution in [0, 0.1) is 0 Å². The predicted octanol–water partition coefficient (Wildman–Crippen LogP) is 0.265. The van der Waals surface area contributed by atoms with Crippen molar-refractivity contribution in [3.63, 3.8) is 0 Å². The van der Waals surface area contributed by atoms with Gasteiger partial charge in [-0.1, -0.05) is 0 Å². The van der Waals surface area contributed by atoms with Crippen LogP contribution in [0.15, 0.2) is 29.5 Å². The quantitative estimate of drug-likeness (QED) is 0.859. The molecule has 0 saturated carbocycles. The Hall–Kier alpha value is -1.66. The summed E-state index contributed by atoms with van der Waals surface area (Å²) in [6.45, 7) is 3.14. The molecule has 0 radical (unpaired) electrons. The highest BCUT2D eigenvalue weighted by atomic mass is 16.5. The van der Waals surface area contributed by atoms with E-state index in [0.29, 0.717) is 18.1 Å². The molecule has 102 valence electrons. The molecule has 0 aromatic carbocycles. The van der Waals surface area contributed by atoms with Gasteiger partial charge in [-0.3, -0.25) is 4.79 Å². The maximum absolute atomic E-state index is 12.1. The Balaban J connectivity index is 1.61. The molecule has 3 rings (SSSR count). The van der Waals surface area contributed by atoms with E-state index >= 15 is 0 Å². The number of ether oxygens (including phenoxy) is 1. The van der Waals surface area contributed by atoms with Gasteiger partial charge < -0.3 is 14.6 Å². The Morgan fingerprint density at radius 2 is 2.21 bits per heavy atom. The molecule has 0 spiro atoms. The highest BCUT2D eigenvalue weighted by Crippen LogP contribution is 2.05. The summed E-state index contributed by atoms with van der Waals surface area (Å²) >= 11 is 0. The monoisotopic (exact) mass is 262 g/mol. The lowest BCUT2D eigenvalue weighted by atomic mass is 10.1. The van der Waals surface area contributed by atoms with Gasteiger partial charge in [-0.2, -0.15) is 5.10 Å². The summed E-state index contributed by atoms with van der Waals surface area (Å²) in [5, 5.41) is 7.53. The van der Waals surface area contributed by atoms with Crippen molar-refractivity contribution in [1.82, 2.24) is 19.5 Å². The third-order valence-corrected chi connectivity index (χ3v) is 3.55. The summed E-state index contributed by atoms with van der Waals surface area (Å²) in [7, 11) is 0. The molecule has 2 aromatic heterocycles. The first-order chi connectivity index (χ1) is 9.34. The maximum Gasteiger partial charge on any atom is 0.276 e. The SMILES string of the molecule is O=c1c2ccnn2ccn1CCNC1CCOCC1. The zero-order valence-corrected chi connectivity index (χ0v) is 10.8. The zero-order chi connectivity index (χ0) is 13.1. The summed E-state index contributed by atoms with van der Waals surface area (Å²) in [4.78, 5) is 12.1. The maximum atomic E-state index is 12.1. The first-order valence-electron chi connectivity index (χ1n) is 6.68. The van der Waals surface area contributed by atoms with Crippen LogP contribution in [0.2, 0.25) is 0 Å². The number of hydrogen-bond acceptors (Lipinski definition) is 4. The van der Waals surface area contributed by atoms with Crippen molar-refractivity contribution < 1.29 is 4.74 Å². The van der Waals surface area contributed by atoms with Gasteiger partial charge in [-0.15, -0.1) is 0 Å². The largest absolute Gasteiger partial charge is 0.381 e. The normalized spacial score (nSPS) is 17.1. The second-order valence-corrected chi connectivity index (χ2v) is 4.80. The minimum absolute atomic E-state index is 0.00813. The van der Waals surface area contributed by atoms with Gasteiger partial charge in [0.15, 0.2) is 0 Å². The second-order valence-electron chi connectivity index (χ2n) is 4.80. The van der Waals surface area contributed by atoms with Crippen LogP contribution in [0.4, 0.5) is 0 Å². The van der Waals surface area contributed by atoms with Crippen LogP contribution in [0.5, 0.6) is 0 Å². The van der Waals surface area contributed by atoms with E-state index in [-0.39, 0.29) is 5.56 Å². The minimum Gasteiger partial charge on any atom is -0.381 e. The van der Waals surface area contributed by atoms with Crippen LogP contribution in [0.25, 0.3) is 5.52 Å². The van der Waals surface area contributed by atoms with Crippen molar-refractivity contribution in [2.75, 3.05) is 19.8 Å². The van der Waals surface area contributed by atoms with Gasteiger partial charge in [0.1, 0.15) is 5.52 Å². The average Bonchev–Trinajstić information content (AvgIpc) is 2.92. The lowest BCUT2D eigenvalue weighted by Gasteiger charge is -2.23. The van der Waals surface area contributed by atoms with Crippen LogP contribution in [-0.4, -0.2) is 40.0 Å². The fourth-order valence-electron chi connectivity index (χ4n) is 2.43. The molecule has 6 heteroatoms. The Morgan fingerprint density at radius 1 is 1.37 bits per heavy atom. The van der Waals surface area contributed by atoms with Crippen LogP contribution in [0.3, 0.4) is 0 Å². The Bertz CT molecular complexity index is 598. The average molecular weight is 262 g/mol. The van der Waals surface area contributed by atoms with E-state index in [9.17, 15) is 4.79 Å². The Morgan fingerprint density at radius 3 is 3.05 bits per heavy atom. The fourth-order valence-corrected chi connectivity index (χ4v) is 2.43. The van der Waals surface area contributed by atoms with Gasteiger partial charge in [0.05, 0.1) is 6.20 Å². The first-order valence-corrected chi connectivity index (χ1v) is 6.68. The molecule has 3 heterocycles. The standard InChI is InChI=1S/C13H18N4O2/c18-13-12-1-4-15-17(12)8-7-16(13)6-5-14-11-2-9-19-10-3-11/h1,4,7-8,11,14H,2-3,5-6,9-10H2. The van der Waals surface area contributed by atoms with E-state index in [2.05, 4.69) is 10.4 Å². The van der Waals surface area contributed by atoms with Crippen molar-refractivity contribution in [2.24, 2.45) is 0 Å². The Kier molecular flexibility index (Phi) is 3.61. The van der Waals surface area contributed by atoms with Crippen molar-refractivity contribution >= 4 is 5.52 Å². The molecule has 1 aliphatic heterocycles. The van der Waals surface area contributed by atoms with Gasteiger partial charge in [0.2, 0.25) is 0 Å². The molecule has 1 N–H and O–H groups in total.